The van der Waals surface area contributed by atoms with Crippen LogP contribution in [0.4, 0.5) is 0 Å². The Kier molecular flexibility index (Phi) is 3.38. The fraction of sp³-hybridized carbons (Fsp3) is 0.467. The molecule has 5 unspecified atom stereocenters. The van der Waals surface area contributed by atoms with Crippen LogP contribution in [0, 0.1) is 23.7 Å². The first-order valence-electron chi connectivity index (χ1n) is 6.83. The Morgan fingerprint density at radius 2 is 2.05 bits per heavy atom. The van der Waals surface area contributed by atoms with Crippen LogP contribution in [-0.4, -0.2) is 17.0 Å². The van der Waals surface area contributed by atoms with Gasteiger partial charge in [-0.25, -0.2) is 0 Å². The van der Waals surface area contributed by atoms with Crippen molar-refractivity contribution in [3.05, 3.63) is 34.5 Å². The van der Waals surface area contributed by atoms with E-state index in [1.54, 1.807) is 11.3 Å². The van der Waals surface area contributed by atoms with E-state index in [1.807, 2.05) is 36.6 Å². The maximum atomic E-state index is 12.5. The first-order chi connectivity index (χ1) is 9.58. The highest BCUT2D eigenvalue weighted by Gasteiger charge is 2.51. The molecule has 0 spiro atoms. The summed E-state index contributed by atoms with van der Waals surface area (Å²) in [6, 6.07) is 3.86. The third kappa shape index (κ3) is 2.16. The highest BCUT2D eigenvalue weighted by Crippen LogP contribution is 2.48. The zero-order valence-corrected chi connectivity index (χ0v) is 12.0. The van der Waals surface area contributed by atoms with Gasteiger partial charge in [-0.1, -0.05) is 18.2 Å². The second kappa shape index (κ2) is 5.05. The molecule has 5 heteroatoms. The lowest BCUT2D eigenvalue weighted by Crippen LogP contribution is -2.40. The molecule has 2 aliphatic carbocycles. The lowest BCUT2D eigenvalue weighted by molar-refractivity contribution is -0.148. The quantitative estimate of drug-likeness (QED) is 0.837. The van der Waals surface area contributed by atoms with Crippen LogP contribution >= 0.6 is 11.3 Å². The van der Waals surface area contributed by atoms with Gasteiger partial charge in [-0.3, -0.25) is 9.59 Å². The number of nitrogens with one attached hydrogen (secondary N) is 1. The minimum Gasteiger partial charge on any atom is -0.481 e. The minimum atomic E-state index is -0.856. The van der Waals surface area contributed by atoms with E-state index in [2.05, 4.69) is 5.32 Å². The van der Waals surface area contributed by atoms with Gasteiger partial charge in [0.2, 0.25) is 5.91 Å². The number of thiophene rings is 1. The van der Waals surface area contributed by atoms with E-state index in [0.717, 1.165) is 11.3 Å². The van der Waals surface area contributed by atoms with Gasteiger partial charge in [0.25, 0.3) is 0 Å². The van der Waals surface area contributed by atoms with Gasteiger partial charge in [0.05, 0.1) is 17.9 Å². The summed E-state index contributed by atoms with van der Waals surface area (Å²) in [5.74, 6) is -1.88. The molecule has 0 saturated heterocycles. The predicted octanol–water partition coefficient (Wildman–Crippen LogP) is 2.45. The standard InChI is InChI=1S/C15H17NO3S/c1-8(11-3-2-6-20-11)16-14(17)12-9-4-5-10(7-9)13(12)15(18)19/h2-6,8-10,12-13H,7H2,1H3,(H,16,17)(H,18,19). The Morgan fingerprint density at radius 1 is 1.35 bits per heavy atom. The second-order valence-electron chi connectivity index (χ2n) is 5.58. The number of carboxylic acids is 1. The summed E-state index contributed by atoms with van der Waals surface area (Å²) in [5.41, 5.74) is 0. The smallest absolute Gasteiger partial charge is 0.307 e. The number of fused-ring (bicyclic) bond motifs is 2. The maximum absolute atomic E-state index is 12.5. The highest BCUT2D eigenvalue weighted by atomic mass is 32.1. The summed E-state index contributed by atoms with van der Waals surface area (Å²) in [4.78, 5) is 24.9. The number of allylic oxidation sites excluding steroid dienone is 2. The Balaban J connectivity index is 1.73. The number of aliphatic carboxylic acids is 1. The van der Waals surface area contributed by atoms with Gasteiger partial charge in [-0.2, -0.15) is 0 Å². The summed E-state index contributed by atoms with van der Waals surface area (Å²) in [6.45, 7) is 1.93. The Labute approximate surface area is 121 Å². The van der Waals surface area contributed by atoms with Gasteiger partial charge in [0, 0.05) is 4.88 Å². The number of carbonyl (C=O) groups is 2. The van der Waals surface area contributed by atoms with Crippen LogP contribution in [0.15, 0.2) is 29.7 Å². The van der Waals surface area contributed by atoms with Gasteiger partial charge in [-0.05, 0) is 36.6 Å². The van der Waals surface area contributed by atoms with Crippen molar-refractivity contribution in [1.82, 2.24) is 5.32 Å². The van der Waals surface area contributed by atoms with Crippen LogP contribution in [0.2, 0.25) is 0 Å². The summed E-state index contributed by atoms with van der Waals surface area (Å²) < 4.78 is 0. The first kappa shape index (κ1) is 13.4. The summed E-state index contributed by atoms with van der Waals surface area (Å²) in [6.07, 6.45) is 4.75. The SMILES string of the molecule is CC(NC(=O)C1C2C=CC(C2)C1C(=O)O)c1cccs1. The van der Waals surface area contributed by atoms with Crippen molar-refractivity contribution in [3.8, 4) is 0 Å². The van der Waals surface area contributed by atoms with Crippen molar-refractivity contribution in [3.63, 3.8) is 0 Å². The molecule has 20 heavy (non-hydrogen) atoms. The van der Waals surface area contributed by atoms with Crippen LogP contribution < -0.4 is 5.32 Å². The molecule has 106 valence electrons. The molecule has 1 heterocycles. The van der Waals surface area contributed by atoms with Crippen molar-refractivity contribution in [2.75, 3.05) is 0 Å². The van der Waals surface area contributed by atoms with E-state index >= 15 is 0 Å². The maximum Gasteiger partial charge on any atom is 0.307 e. The van der Waals surface area contributed by atoms with Crippen molar-refractivity contribution < 1.29 is 14.7 Å². The zero-order chi connectivity index (χ0) is 14.3. The molecule has 0 aromatic carbocycles. The fourth-order valence-corrected chi connectivity index (χ4v) is 4.17. The topological polar surface area (TPSA) is 66.4 Å². The van der Waals surface area contributed by atoms with Gasteiger partial charge >= 0.3 is 5.97 Å². The van der Waals surface area contributed by atoms with E-state index in [-0.39, 0.29) is 23.8 Å². The number of hydrogen-bond donors (Lipinski definition) is 2. The second-order valence-corrected chi connectivity index (χ2v) is 6.56. The molecule has 3 rings (SSSR count). The number of rotatable bonds is 4. The van der Waals surface area contributed by atoms with Crippen LogP contribution in [0.1, 0.15) is 24.3 Å². The van der Waals surface area contributed by atoms with E-state index in [4.69, 9.17) is 0 Å². The first-order valence-corrected chi connectivity index (χ1v) is 7.71. The number of carbonyl (C=O) groups excluding carboxylic acids is 1. The summed E-state index contributed by atoms with van der Waals surface area (Å²) in [5, 5.41) is 14.3. The van der Waals surface area contributed by atoms with Gasteiger partial charge in [0.15, 0.2) is 0 Å². The Bertz CT molecular complexity index is 551. The van der Waals surface area contributed by atoms with Crippen LogP contribution in [0.3, 0.4) is 0 Å². The van der Waals surface area contributed by atoms with Crippen molar-refractivity contribution in [2.24, 2.45) is 23.7 Å². The largest absolute Gasteiger partial charge is 0.481 e. The molecule has 5 atom stereocenters. The normalized spacial score (nSPS) is 32.2. The van der Waals surface area contributed by atoms with Crippen LogP contribution in [-0.2, 0) is 9.59 Å². The van der Waals surface area contributed by atoms with E-state index in [9.17, 15) is 14.7 Å². The molecule has 1 aromatic rings. The average molecular weight is 291 g/mol. The van der Waals surface area contributed by atoms with Gasteiger partial charge < -0.3 is 10.4 Å². The molecule has 2 N–H and O–H groups in total. The van der Waals surface area contributed by atoms with E-state index in [0.29, 0.717) is 0 Å². The van der Waals surface area contributed by atoms with Gasteiger partial charge in [0.1, 0.15) is 0 Å². The molecule has 1 aromatic heterocycles. The van der Waals surface area contributed by atoms with Crippen molar-refractivity contribution in [2.45, 2.75) is 19.4 Å². The molecule has 4 nitrogen and oxygen atoms in total. The molecular weight excluding hydrogens is 274 g/mol. The minimum absolute atomic E-state index is 0.0188. The monoisotopic (exact) mass is 291 g/mol. The molecule has 0 aliphatic heterocycles. The summed E-state index contributed by atoms with van der Waals surface area (Å²) >= 11 is 1.59. The lowest BCUT2D eigenvalue weighted by atomic mass is 9.82. The van der Waals surface area contributed by atoms with Crippen LogP contribution in [0.5, 0.6) is 0 Å². The van der Waals surface area contributed by atoms with Crippen LogP contribution in [0.25, 0.3) is 0 Å². The van der Waals surface area contributed by atoms with Crippen molar-refractivity contribution in [1.29, 1.82) is 0 Å². The Morgan fingerprint density at radius 3 is 2.65 bits per heavy atom. The van der Waals surface area contributed by atoms with Gasteiger partial charge in [-0.15, -0.1) is 11.3 Å². The number of amides is 1. The highest BCUT2D eigenvalue weighted by molar-refractivity contribution is 7.10. The fourth-order valence-electron chi connectivity index (χ4n) is 3.43. The van der Waals surface area contributed by atoms with E-state index in [1.165, 1.54) is 0 Å². The molecule has 2 bridgehead atoms. The summed E-state index contributed by atoms with van der Waals surface area (Å²) in [7, 11) is 0. The molecule has 1 fully saturated rings. The third-order valence-electron chi connectivity index (χ3n) is 4.38. The lowest BCUT2D eigenvalue weighted by Gasteiger charge is -2.25. The molecule has 0 radical (unpaired) electrons. The number of hydrogen-bond acceptors (Lipinski definition) is 3. The molecule has 1 amide bonds. The number of carboxylic acid groups (broad SMARTS) is 1. The zero-order valence-electron chi connectivity index (χ0n) is 11.2. The van der Waals surface area contributed by atoms with Crippen molar-refractivity contribution >= 4 is 23.2 Å². The Hall–Kier alpha value is -1.62. The molecular formula is C15H17NO3S. The predicted molar refractivity (Wildman–Crippen MR) is 76.2 cm³/mol. The third-order valence-corrected chi connectivity index (χ3v) is 5.43. The average Bonchev–Trinajstić information content (AvgIpc) is 3.13. The van der Waals surface area contributed by atoms with E-state index < -0.39 is 17.8 Å². The molecule has 2 aliphatic rings. The molecule has 1 saturated carbocycles.